The zero-order valence-corrected chi connectivity index (χ0v) is 20.7. The Labute approximate surface area is 211 Å². The Morgan fingerprint density at radius 1 is 1.20 bits per heavy atom. The fourth-order valence-electron chi connectivity index (χ4n) is 3.85. The van der Waals surface area contributed by atoms with E-state index in [1.165, 1.54) is 6.07 Å². The van der Waals surface area contributed by atoms with Crippen LogP contribution in [0.25, 0.3) is 0 Å². The van der Waals surface area contributed by atoms with E-state index in [9.17, 15) is 18.0 Å². The minimum absolute atomic E-state index is 0.0560. The molecular weight excluding hydrogens is 499 g/mol. The minimum Gasteiger partial charge on any atom is -0.494 e. The van der Waals surface area contributed by atoms with Crippen molar-refractivity contribution in [2.75, 3.05) is 13.2 Å². The monoisotopic (exact) mass is 525 g/mol. The molecule has 2 atom stereocenters. The van der Waals surface area contributed by atoms with Crippen LogP contribution in [0.3, 0.4) is 0 Å². The van der Waals surface area contributed by atoms with Crippen LogP contribution in [0.5, 0.6) is 5.75 Å². The summed E-state index contributed by atoms with van der Waals surface area (Å²) in [7, 11) is 0. The fraction of sp³-hybridized carbons (Fsp3) is 0.346. The quantitative estimate of drug-likeness (QED) is 0.255. The molecule has 0 spiro atoms. The van der Waals surface area contributed by atoms with Gasteiger partial charge in [-0.15, -0.1) is 0 Å². The molecule has 3 rings (SSSR count). The molecule has 2 unspecified atom stereocenters. The molecule has 2 aromatic carbocycles. The van der Waals surface area contributed by atoms with Gasteiger partial charge in [0.1, 0.15) is 5.75 Å². The number of carboxylic acid groups (broad SMARTS) is 1. The molecule has 4 nitrogen and oxygen atoms in total. The largest absolute Gasteiger partial charge is 0.494 e. The van der Waals surface area contributed by atoms with Crippen LogP contribution in [0.4, 0.5) is 13.2 Å². The third-order valence-corrected chi connectivity index (χ3v) is 6.89. The summed E-state index contributed by atoms with van der Waals surface area (Å²) in [5.41, 5.74) is 1.41. The summed E-state index contributed by atoms with van der Waals surface area (Å²) in [4.78, 5) is 10.9. The van der Waals surface area contributed by atoms with Crippen molar-refractivity contribution in [3.05, 3.63) is 86.6 Å². The second-order valence-corrected chi connectivity index (χ2v) is 9.46. The zero-order valence-electron chi connectivity index (χ0n) is 19.1. The van der Waals surface area contributed by atoms with Crippen molar-refractivity contribution in [2.24, 2.45) is 0 Å². The maximum absolute atomic E-state index is 13.3. The van der Waals surface area contributed by atoms with Gasteiger partial charge in [0.05, 0.1) is 23.6 Å². The van der Waals surface area contributed by atoms with Crippen LogP contribution in [-0.2, 0) is 23.8 Å². The highest BCUT2D eigenvalue weighted by molar-refractivity contribution is 7.08. The first-order valence-electron chi connectivity index (χ1n) is 11.2. The topological polar surface area (TPSA) is 58.6 Å². The maximum atomic E-state index is 13.3. The number of thiophene rings is 1. The molecule has 0 amide bonds. The van der Waals surface area contributed by atoms with Crippen LogP contribution >= 0.6 is 22.9 Å². The smallest absolute Gasteiger partial charge is 0.417 e. The van der Waals surface area contributed by atoms with Gasteiger partial charge in [-0.2, -0.15) is 24.5 Å². The first-order valence-corrected chi connectivity index (χ1v) is 12.5. The van der Waals surface area contributed by atoms with Gasteiger partial charge in [-0.25, -0.2) is 0 Å². The Morgan fingerprint density at radius 3 is 2.66 bits per heavy atom. The molecule has 0 saturated heterocycles. The van der Waals surface area contributed by atoms with Crippen LogP contribution in [0, 0.1) is 0 Å². The average molecular weight is 526 g/mol. The van der Waals surface area contributed by atoms with E-state index in [4.69, 9.17) is 21.4 Å². The Hall–Kier alpha value is -2.55. The summed E-state index contributed by atoms with van der Waals surface area (Å²) in [6, 6.07) is 12.9. The highest BCUT2D eigenvalue weighted by Crippen LogP contribution is 2.37. The molecule has 1 aromatic heterocycles. The molecule has 1 heterocycles. The fourth-order valence-corrected chi connectivity index (χ4v) is 4.93. The number of halogens is 4. The molecule has 0 aliphatic rings. The molecule has 188 valence electrons. The first kappa shape index (κ1) is 27.0. The van der Waals surface area contributed by atoms with Crippen LogP contribution in [0.15, 0.2) is 59.3 Å². The van der Waals surface area contributed by atoms with Crippen molar-refractivity contribution in [1.29, 1.82) is 0 Å². The first-order chi connectivity index (χ1) is 16.6. The number of benzene rings is 2. The molecule has 2 N–H and O–H groups in total. The highest BCUT2D eigenvalue weighted by atomic mass is 35.5. The number of carboxylic acids is 1. The van der Waals surface area contributed by atoms with E-state index in [-0.39, 0.29) is 23.4 Å². The van der Waals surface area contributed by atoms with Crippen molar-refractivity contribution in [1.82, 2.24) is 5.32 Å². The lowest BCUT2D eigenvalue weighted by atomic mass is 9.90. The summed E-state index contributed by atoms with van der Waals surface area (Å²) >= 11 is 7.74. The van der Waals surface area contributed by atoms with Gasteiger partial charge >= 0.3 is 12.1 Å². The minimum atomic E-state index is -4.51. The number of aliphatic carboxylic acids is 1. The predicted octanol–water partition coefficient (Wildman–Crippen LogP) is 6.82. The van der Waals surface area contributed by atoms with Crippen molar-refractivity contribution < 1.29 is 27.8 Å². The molecule has 9 heteroatoms. The van der Waals surface area contributed by atoms with Gasteiger partial charge in [0.25, 0.3) is 0 Å². The van der Waals surface area contributed by atoms with E-state index in [0.29, 0.717) is 42.9 Å². The summed E-state index contributed by atoms with van der Waals surface area (Å²) in [5, 5.41) is 16.2. The molecule has 0 aliphatic heterocycles. The van der Waals surface area contributed by atoms with Crippen LogP contribution in [0.1, 0.15) is 41.5 Å². The number of carbonyl (C=O) groups is 1. The Bertz CT molecular complexity index is 1110. The van der Waals surface area contributed by atoms with Crippen molar-refractivity contribution >= 4 is 28.9 Å². The number of alkyl halides is 3. The van der Waals surface area contributed by atoms with Gasteiger partial charge in [0.2, 0.25) is 0 Å². The van der Waals surface area contributed by atoms with E-state index in [0.717, 1.165) is 11.6 Å². The van der Waals surface area contributed by atoms with Crippen molar-refractivity contribution in [2.45, 2.75) is 44.3 Å². The van der Waals surface area contributed by atoms with Crippen molar-refractivity contribution in [3.8, 4) is 5.75 Å². The second-order valence-electron chi connectivity index (χ2n) is 8.31. The number of nitrogens with one attached hydrogen (secondary N) is 1. The SMILES string of the molecule is CC(c1ccsc1)C(Cc1cccc(C(F)(F)F)c1Cl)NCCCOc1cccc(CC(=O)O)c1. The zero-order chi connectivity index (χ0) is 25.4. The molecular formula is C26H27ClF3NO3S. The van der Waals surface area contributed by atoms with Crippen LogP contribution < -0.4 is 10.1 Å². The lowest BCUT2D eigenvalue weighted by molar-refractivity contribution is -0.138. The van der Waals surface area contributed by atoms with Gasteiger partial charge in [-0.1, -0.05) is 42.8 Å². The third kappa shape index (κ3) is 7.98. The maximum Gasteiger partial charge on any atom is 0.417 e. The van der Waals surface area contributed by atoms with E-state index in [1.54, 1.807) is 41.7 Å². The normalized spacial score (nSPS) is 13.4. The van der Waals surface area contributed by atoms with Crippen LogP contribution in [0.2, 0.25) is 5.02 Å². The number of rotatable bonds is 12. The molecule has 0 saturated carbocycles. The Balaban J connectivity index is 1.62. The van der Waals surface area contributed by atoms with Crippen LogP contribution in [-0.4, -0.2) is 30.3 Å². The molecule has 0 bridgehead atoms. The summed E-state index contributed by atoms with van der Waals surface area (Å²) in [6.07, 6.45) is -3.57. The van der Waals surface area contributed by atoms with Gasteiger partial charge in [0, 0.05) is 6.04 Å². The Kier molecular flexibility index (Phi) is 9.60. The molecule has 3 aromatic rings. The van der Waals surface area contributed by atoms with E-state index >= 15 is 0 Å². The second kappa shape index (κ2) is 12.4. The van der Waals surface area contributed by atoms with E-state index in [2.05, 4.69) is 5.32 Å². The summed E-state index contributed by atoms with van der Waals surface area (Å²) < 4.78 is 45.7. The third-order valence-electron chi connectivity index (χ3n) is 5.75. The van der Waals surface area contributed by atoms with E-state index in [1.807, 2.05) is 23.8 Å². The average Bonchev–Trinajstić information content (AvgIpc) is 3.33. The van der Waals surface area contributed by atoms with E-state index < -0.39 is 17.7 Å². The lowest BCUT2D eigenvalue weighted by Gasteiger charge is -2.26. The van der Waals surface area contributed by atoms with Gasteiger partial charge < -0.3 is 15.2 Å². The van der Waals surface area contributed by atoms with Gasteiger partial charge in [-0.05, 0) is 77.0 Å². The summed E-state index contributed by atoms with van der Waals surface area (Å²) in [6.45, 7) is 3.05. The molecule has 0 radical (unpaired) electrons. The van der Waals surface area contributed by atoms with Gasteiger partial charge in [-0.3, -0.25) is 4.79 Å². The molecule has 35 heavy (non-hydrogen) atoms. The number of hydrogen-bond acceptors (Lipinski definition) is 4. The highest BCUT2D eigenvalue weighted by Gasteiger charge is 2.34. The predicted molar refractivity (Wildman–Crippen MR) is 133 cm³/mol. The summed E-state index contributed by atoms with van der Waals surface area (Å²) in [5.74, 6) is -0.249. The lowest BCUT2D eigenvalue weighted by Crippen LogP contribution is -2.37. The standard InChI is InChI=1S/C26H27ClF3NO3S/c1-17(20-9-12-35-16-20)23(15-19-6-3-8-22(25(19)27)26(28,29)30)31-10-4-11-34-21-7-2-5-18(13-21)14-24(32)33/h2-3,5-9,12-13,16-17,23,31H,4,10-11,14-15H2,1H3,(H,32,33). The Morgan fingerprint density at radius 2 is 1.97 bits per heavy atom. The number of ether oxygens (including phenoxy) is 1. The van der Waals surface area contributed by atoms with Gasteiger partial charge in [0.15, 0.2) is 0 Å². The molecule has 0 fully saturated rings. The van der Waals surface area contributed by atoms with Crippen molar-refractivity contribution in [3.63, 3.8) is 0 Å². The molecule has 0 aliphatic carbocycles. The number of hydrogen-bond donors (Lipinski definition) is 2.